The number of hydrogen-bond acceptors (Lipinski definition) is 5. The number of pyridine rings is 2. The van der Waals surface area contributed by atoms with Crippen molar-refractivity contribution >= 4 is 23.3 Å². The molecule has 0 atom stereocenters. The van der Waals surface area contributed by atoms with Crippen LogP contribution in [0.15, 0.2) is 91.1 Å². The second kappa shape index (κ2) is 10.6. The van der Waals surface area contributed by atoms with Crippen molar-refractivity contribution in [2.45, 2.75) is 13.5 Å². The van der Waals surface area contributed by atoms with E-state index in [1.54, 1.807) is 6.20 Å². The maximum atomic E-state index is 10.7. The molecule has 5 nitrogen and oxygen atoms in total. The Morgan fingerprint density at radius 2 is 1.57 bits per heavy atom. The third-order valence-electron chi connectivity index (χ3n) is 5.84. The summed E-state index contributed by atoms with van der Waals surface area (Å²) < 4.78 is 5.70. The summed E-state index contributed by atoms with van der Waals surface area (Å²) >= 11 is 0. The molecular formula is C29H26ClN3O2. The van der Waals surface area contributed by atoms with Gasteiger partial charge in [0.05, 0.1) is 23.2 Å². The second-order valence-electron chi connectivity index (χ2n) is 8.00. The van der Waals surface area contributed by atoms with Crippen molar-refractivity contribution in [3.8, 4) is 45.1 Å². The lowest BCUT2D eigenvalue weighted by atomic mass is 9.95. The first kappa shape index (κ1) is 24.2. The maximum Gasteiger partial charge on any atom is 0.220 e. The highest BCUT2D eigenvalue weighted by atomic mass is 35.5. The van der Waals surface area contributed by atoms with Gasteiger partial charge in [-0.1, -0.05) is 66.7 Å². The van der Waals surface area contributed by atoms with Crippen LogP contribution >= 0.6 is 12.4 Å². The summed E-state index contributed by atoms with van der Waals surface area (Å²) in [4.78, 5) is 9.40. The van der Waals surface area contributed by atoms with E-state index in [9.17, 15) is 5.11 Å². The Morgan fingerprint density at radius 3 is 2.29 bits per heavy atom. The summed E-state index contributed by atoms with van der Waals surface area (Å²) in [5.74, 6) is 0.731. The minimum absolute atomic E-state index is 0. The van der Waals surface area contributed by atoms with Crippen LogP contribution in [0.5, 0.6) is 11.6 Å². The minimum Gasteiger partial charge on any atom is -0.494 e. The van der Waals surface area contributed by atoms with E-state index in [0.29, 0.717) is 24.1 Å². The molecule has 2 aromatic heterocycles. The molecule has 0 spiro atoms. The number of fused-ring (bicyclic) bond motifs is 1. The fourth-order valence-corrected chi connectivity index (χ4v) is 4.13. The first-order valence-corrected chi connectivity index (χ1v) is 11.3. The average molecular weight is 484 g/mol. The van der Waals surface area contributed by atoms with Gasteiger partial charge < -0.3 is 15.6 Å². The predicted octanol–water partition coefficient (Wildman–Crippen LogP) is 6.62. The lowest BCUT2D eigenvalue weighted by Gasteiger charge is -2.15. The van der Waals surface area contributed by atoms with E-state index in [1.165, 1.54) is 0 Å². The van der Waals surface area contributed by atoms with Crippen molar-refractivity contribution in [2.75, 3.05) is 6.61 Å². The van der Waals surface area contributed by atoms with Gasteiger partial charge in [-0.25, -0.2) is 9.97 Å². The second-order valence-corrected chi connectivity index (χ2v) is 8.00. The molecule has 0 radical (unpaired) electrons. The Balaban J connectivity index is 0.00000289. The summed E-state index contributed by atoms with van der Waals surface area (Å²) in [6, 6.07) is 28.0. The Morgan fingerprint density at radius 1 is 0.829 bits per heavy atom. The molecule has 0 amide bonds. The zero-order valence-electron chi connectivity index (χ0n) is 19.3. The van der Waals surface area contributed by atoms with Crippen molar-refractivity contribution in [3.63, 3.8) is 0 Å². The number of aromatic nitrogens is 2. The highest BCUT2D eigenvalue weighted by Crippen LogP contribution is 2.39. The molecule has 0 aliphatic rings. The first-order valence-electron chi connectivity index (χ1n) is 11.3. The predicted molar refractivity (Wildman–Crippen MR) is 144 cm³/mol. The number of rotatable bonds is 6. The number of ether oxygens (including phenoxy) is 1. The largest absolute Gasteiger partial charge is 0.494 e. The number of aromatic hydroxyl groups is 1. The smallest absolute Gasteiger partial charge is 0.220 e. The van der Waals surface area contributed by atoms with Crippen LogP contribution in [-0.2, 0) is 6.54 Å². The normalized spacial score (nSPS) is 10.7. The zero-order chi connectivity index (χ0) is 23.5. The van der Waals surface area contributed by atoms with Crippen molar-refractivity contribution < 1.29 is 9.84 Å². The molecule has 2 heterocycles. The summed E-state index contributed by atoms with van der Waals surface area (Å²) in [5.41, 5.74) is 13.0. The lowest BCUT2D eigenvalue weighted by molar-refractivity contribution is 0.340. The number of halogens is 1. The molecule has 35 heavy (non-hydrogen) atoms. The monoisotopic (exact) mass is 483 g/mol. The molecule has 3 aromatic carbocycles. The summed E-state index contributed by atoms with van der Waals surface area (Å²) in [6.45, 7) is 3.02. The average Bonchev–Trinajstić information content (AvgIpc) is 2.89. The Labute approximate surface area is 210 Å². The van der Waals surface area contributed by atoms with Crippen molar-refractivity contribution in [2.24, 2.45) is 5.73 Å². The van der Waals surface area contributed by atoms with Gasteiger partial charge in [-0.15, -0.1) is 12.4 Å². The van der Waals surface area contributed by atoms with E-state index >= 15 is 0 Å². The molecule has 0 saturated heterocycles. The van der Waals surface area contributed by atoms with Crippen LogP contribution in [0.25, 0.3) is 44.4 Å². The molecule has 5 rings (SSSR count). The molecule has 0 bridgehead atoms. The molecule has 0 saturated carbocycles. The van der Waals surface area contributed by atoms with Gasteiger partial charge in [-0.05, 0) is 41.8 Å². The van der Waals surface area contributed by atoms with Crippen molar-refractivity contribution in [1.29, 1.82) is 0 Å². The van der Waals surface area contributed by atoms with Crippen LogP contribution in [0.4, 0.5) is 0 Å². The van der Waals surface area contributed by atoms with Crippen molar-refractivity contribution in [1.82, 2.24) is 9.97 Å². The maximum absolute atomic E-state index is 10.7. The van der Waals surface area contributed by atoms with Crippen LogP contribution in [0.2, 0.25) is 0 Å². The molecule has 3 N–H and O–H groups in total. The van der Waals surface area contributed by atoms with Gasteiger partial charge in [0.1, 0.15) is 5.75 Å². The third-order valence-corrected chi connectivity index (χ3v) is 5.84. The van der Waals surface area contributed by atoms with Crippen LogP contribution in [-0.4, -0.2) is 21.7 Å². The highest BCUT2D eigenvalue weighted by Gasteiger charge is 2.17. The van der Waals surface area contributed by atoms with E-state index in [2.05, 4.69) is 4.98 Å². The van der Waals surface area contributed by atoms with E-state index in [-0.39, 0.29) is 18.3 Å². The zero-order valence-corrected chi connectivity index (χ0v) is 20.1. The van der Waals surface area contributed by atoms with Crippen LogP contribution in [0.1, 0.15) is 12.5 Å². The van der Waals surface area contributed by atoms with E-state index < -0.39 is 0 Å². The van der Waals surface area contributed by atoms with Crippen LogP contribution in [0, 0.1) is 0 Å². The number of benzene rings is 3. The van der Waals surface area contributed by atoms with Gasteiger partial charge in [0, 0.05) is 29.4 Å². The van der Waals surface area contributed by atoms with E-state index in [0.717, 1.165) is 44.8 Å². The third kappa shape index (κ3) is 4.83. The van der Waals surface area contributed by atoms with Gasteiger partial charge >= 0.3 is 0 Å². The van der Waals surface area contributed by atoms with Gasteiger partial charge in [-0.2, -0.15) is 0 Å². The summed E-state index contributed by atoms with van der Waals surface area (Å²) in [6.07, 6.45) is 1.67. The molecule has 0 aliphatic heterocycles. The Kier molecular flexibility index (Phi) is 7.30. The first-order chi connectivity index (χ1) is 16.7. The number of hydrogen-bond donors (Lipinski definition) is 2. The standard InChI is InChI=1S/C29H25N3O2.ClH/c1-2-34-23-10-6-9-22(15-23)26-18-31-29(33)25-16-24(20-7-4-3-5-8-20)27(32-28(25)26)21-13-11-19(17-30)12-14-21;/h3-16,18H,2,17,30H2,1H3,(H,31,33);1H. The van der Waals surface area contributed by atoms with Crippen LogP contribution in [0.3, 0.4) is 0 Å². The molecule has 0 unspecified atom stereocenters. The van der Waals surface area contributed by atoms with Gasteiger partial charge in [-0.3, -0.25) is 0 Å². The lowest BCUT2D eigenvalue weighted by Crippen LogP contribution is -1.97. The summed E-state index contributed by atoms with van der Waals surface area (Å²) in [7, 11) is 0. The van der Waals surface area contributed by atoms with Gasteiger partial charge in [0.2, 0.25) is 5.88 Å². The van der Waals surface area contributed by atoms with Gasteiger partial charge in [0.25, 0.3) is 0 Å². The summed E-state index contributed by atoms with van der Waals surface area (Å²) in [5, 5.41) is 11.3. The fourth-order valence-electron chi connectivity index (χ4n) is 4.13. The van der Waals surface area contributed by atoms with E-state index in [1.807, 2.05) is 91.9 Å². The molecular weight excluding hydrogens is 458 g/mol. The Bertz CT molecular complexity index is 1460. The number of nitrogens with zero attached hydrogens (tertiary/aromatic N) is 2. The van der Waals surface area contributed by atoms with Crippen molar-refractivity contribution in [3.05, 3.63) is 96.7 Å². The number of nitrogens with two attached hydrogens (primary N) is 1. The quantitative estimate of drug-likeness (QED) is 0.284. The van der Waals surface area contributed by atoms with Crippen LogP contribution < -0.4 is 10.5 Å². The van der Waals surface area contributed by atoms with E-state index in [4.69, 9.17) is 15.5 Å². The fraction of sp³-hybridized carbons (Fsp3) is 0.103. The molecule has 6 heteroatoms. The topological polar surface area (TPSA) is 81.3 Å². The van der Waals surface area contributed by atoms with Gasteiger partial charge in [0.15, 0.2) is 0 Å². The molecule has 0 aliphatic carbocycles. The highest BCUT2D eigenvalue weighted by molar-refractivity contribution is 6.01. The molecule has 176 valence electrons. The SMILES string of the molecule is CCOc1cccc(-c2cnc(O)c3cc(-c4ccccc4)c(-c4ccc(CN)cc4)nc23)c1.Cl. The molecule has 0 fully saturated rings. The molecule has 5 aromatic rings. The Hall–Kier alpha value is -3.93. The minimum atomic E-state index is -0.0468.